The van der Waals surface area contributed by atoms with Gasteiger partial charge in [0.15, 0.2) is 0 Å². The monoisotopic (exact) mass is 327 g/mol. The van der Waals surface area contributed by atoms with Gasteiger partial charge in [-0.3, -0.25) is 9.59 Å². The van der Waals surface area contributed by atoms with Crippen molar-refractivity contribution in [3.63, 3.8) is 0 Å². The zero-order chi connectivity index (χ0) is 15.4. The Morgan fingerprint density at radius 1 is 1.45 bits per heavy atom. The molecule has 1 atom stereocenters. The van der Waals surface area contributed by atoms with Gasteiger partial charge in [-0.25, -0.2) is 0 Å². The Balaban J connectivity index is 0.00000242. The van der Waals surface area contributed by atoms with Gasteiger partial charge in [-0.15, -0.1) is 12.4 Å². The van der Waals surface area contributed by atoms with Crippen LogP contribution in [0.5, 0.6) is 0 Å². The second kappa shape index (κ2) is 8.12. The van der Waals surface area contributed by atoms with Crippen LogP contribution < -0.4 is 16.0 Å². The number of nitrogens with zero attached hydrogens (tertiary/aromatic N) is 1. The fourth-order valence-corrected chi connectivity index (χ4v) is 2.49. The molecule has 2 rings (SSSR count). The second-order valence-corrected chi connectivity index (χ2v) is 5.11. The van der Waals surface area contributed by atoms with Gasteiger partial charge in [0.25, 0.3) is 0 Å². The topological polar surface area (TPSA) is 84.7 Å². The lowest BCUT2D eigenvalue weighted by Crippen LogP contribution is -2.28. The molecule has 1 aromatic carbocycles. The predicted molar refractivity (Wildman–Crippen MR) is 88.5 cm³/mol. The molecular weight excluding hydrogens is 306 g/mol. The molecule has 3 N–H and O–H groups in total. The Labute approximate surface area is 136 Å². The number of nitrogens with one attached hydrogen (secondary N) is 1. The number of methoxy groups -OCH3 is 1. The lowest BCUT2D eigenvalue weighted by Gasteiger charge is -2.15. The maximum atomic E-state index is 11.9. The Kier molecular flexibility index (Phi) is 6.80. The molecule has 0 radical (unpaired) electrons. The number of rotatable bonds is 5. The number of anilines is 2. The first-order valence-corrected chi connectivity index (χ1v) is 6.99. The molecule has 1 unspecified atom stereocenters. The largest absolute Gasteiger partial charge is 0.380 e. The summed E-state index contributed by atoms with van der Waals surface area (Å²) in [6.45, 7) is 2.56. The molecule has 0 aromatic heterocycles. The standard InChI is InChI=1S/C15H21N3O3.ClH/c1-10(19)18-6-5-11-7-12(3-4-14(11)18)17-15(20)8-13(9-16)21-2;/h3-4,7,13H,5-6,8-9,16H2,1-2H3,(H,17,20);1H. The molecule has 6 nitrogen and oxygen atoms in total. The van der Waals surface area contributed by atoms with Crippen LogP contribution in [0.25, 0.3) is 0 Å². The number of benzene rings is 1. The van der Waals surface area contributed by atoms with E-state index in [2.05, 4.69) is 5.32 Å². The first kappa shape index (κ1) is 18.4. The van der Waals surface area contributed by atoms with E-state index in [1.54, 1.807) is 11.8 Å². The van der Waals surface area contributed by atoms with Gasteiger partial charge in [-0.05, 0) is 30.2 Å². The van der Waals surface area contributed by atoms with Crippen LogP contribution in [0.2, 0.25) is 0 Å². The average Bonchev–Trinajstić information content (AvgIpc) is 2.87. The Morgan fingerprint density at radius 2 is 2.18 bits per heavy atom. The summed E-state index contributed by atoms with van der Waals surface area (Å²) in [5.74, 6) is -0.0925. The van der Waals surface area contributed by atoms with Crippen LogP contribution in [-0.2, 0) is 20.7 Å². The van der Waals surface area contributed by atoms with Crippen molar-refractivity contribution in [1.82, 2.24) is 0 Å². The number of nitrogens with two attached hydrogens (primary N) is 1. The smallest absolute Gasteiger partial charge is 0.227 e. The van der Waals surface area contributed by atoms with Crippen molar-refractivity contribution in [2.45, 2.75) is 25.9 Å². The van der Waals surface area contributed by atoms with Gasteiger partial charge in [0, 0.05) is 38.5 Å². The van der Waals surface area contributed by atoms with Gasteiger partial charge in [-0.2, -0.15) is 0 Å². The summed E-state index contributed by atoms with van der Waals surface area (Å²) in [6, 6.07) is 5.60. The molecule has 1 aliphatic rings. The molecule has 0 saturated carbocycles. The van der Waals surface area contributed by atoms with E-state index in [9.17, 15) is 9.59 Å². The number of amides is 2. The van der Waals surface area contributed by atoms with Crippen molar-refractivity contribution in [3.8, 4) is 0 Å². The predicted octanol–water partition coefficient (Wildman–Crippen LogP) is 1.32. The third kappa shape index (κ3) is 4.19. The van der Waals surface area contributed by atoms with Crippen LogP contribution in [0.1, 0.15) is 18.9 Å². The van der Waals surface area contributed by atoms with Gasteiger partial charge in [0.2, 0.25) is 11.8 Å². The lowest BCUT2D eigenvalue weighted by atomic mass is 10.1. The minimum atomic E-state index is -0.271. The fourth-order valence-electron chi connectivity index (χ4n) is 2.49. The van der Waals surface area contributed by atoms with Gasteiger partial charge in [0.05, 0.1) is 12.5 Å². The lowest BCUT2D eigenvalue weighted by molar-refractivity contribution is -0.118. The molecule has 0 aliphatic carbocycles. The molecule has 0 spiro atoms. The number of hydrogen-bond acceptors (Lipinski definition) is 4. The number of carbonyl (C=O) groups excluding carboxylic acids is 2. The first-order chi connectivity index (χ1) is 10.0. The summed E-state index contributed by atoms with van der Waals surface area (Å²) in [6.07, 6.45) is 0.763. The van der Waals surface area contributed by atoms with E-state index in [4.69, 9.17) is 10.5 Å². The van der Waals surface area contributed by atoms with Crippen molar-refractivity contribution in [2.75, 3.05) is 30.4 Å². The summed E-state index contributed by atoms with van der Waals surface area (Å²) >= 11 is 0. The van der Waals surface area contributed by atoms with Gasteiger partial charge in [0.1, 0.15) is 0 Å². The van der Waals surface area contributed by atoms with E-state index in [0.717, 1.165) is 23.4 Å². The van der Waals surface area contributed by atoms with Crippen LogP contribution in [0, 0.1) is 0 Å². The van der Waals surface area contributed by atoms with Gasteiger partial charge >= 0.3 is 0 Å². The van der Waals surface area contributed by atoms with Crippen molar-refractivity contribution < 1.29 is 14.3 Å². The zero-order valence-corrected chi connectivity index (χ0v) is 13.6. The molecule has 0 saturated heterocycles. The maximum absolute atomic E-state index is 11.9. The van der Waals surface area contributed by atoms with Crippen LogP contribution in [0.15, 0.2) is 18.2 Å². The van der Waals surface area contributed by atoms with Crippen LogP contribution in [-0.4, -0.2) is 38.1 Å². The minimum Gasteiger partial charge on any atom is -0.380 e. The first-order valence-electron chi connectivity index (χ1n) is 6.99. The quantitative estimate of drug-likeness (QED) is 0.854. The molecule has 7 heteroatoms. The Hall–Kier alpha value is -1.63. The molecule has 2 amide bonds. The molecule has 122 valence electrons. The number of halogens is 1. The van der Waals surface area contributed by atoms with E-state index >= 15 is 0 Å². The van der Waals surface area contributed by atoms with E-state index < -0.39 is 0 Å². The fraction of sp³-hybridized carbons (Fsp3) is 0.467. The number of hydrogen-bond donors (Lipinski definition) is 2. The van der Waals surface area contributed by atoms with Gasteiger partial charge in [-0.1, -0.05) is 0 Å². The van der Waals surface area contributed by atoms with Crippen molar-refractivity contribution >= 4 is 35.6 Å². The van der Waals surface area contributed by atoms with Crippen LogP contribution in [0.3, 0.4) is 0 Å². The Bertz CT molecular complexity index is 547. The summed E-state index contributed by atoms with van der Waals surface area (Å²) in [7, 11) is 1.54. The van der Waals surface area contributed by atoms with E-state index in [0.29, 0.717) is 13.1 Å². The highest BCUT2D eigenvalue weighted by molar-refractivity contribution is 5.95. The van der Waals surface area contributed by atoms with Crippen LogP contribution >= 0.6 is 12.4 Å². The number of carbonyl (C=O) groups is 2. The molecule has 22 heavy (non-hydrogen) atoms. The molecule has 1 heterocycles. The van der Waals surface area contributed by atoms with Crippen LogP contribution in [0.4, 0.5) is 11.4 Å². The third-order valence-electron chi connectivity index (χ3n) is 3.65. The molecule has 0 fully saturated rings. The molecule has 1 aromatic rings. The minimum absolute atomic E-state index is 0. The maximum Gasteiger partial charge on any atom is 0.227 e. The molecule has 1 aliphatic heterocycles. The highest BCUT2D eigenvalue weighted by atomic mass is 35.5. The second-order valence-electron chi connectivity index (χ2n) is 5.11. The number of ether oxygens (including phenoxy) is 1. The van der Waals surface area contributed by atoms with Gasteiger partial charge < -0.3 is 20.7 Å². The summed E-state index contributed by atoms with van der Waals surface area (Å²) in [5.41, 5.74) is 8.23. The van der Waals surface area contributed by atoms with Crippen molar-refractivity contribution in [1.29, 1.82) is 0 Å². The summed E-state index contributed by atoms with van der Waals surface area (Å²) < 4.78 is 5.09. The highest BCUT2D eigenvalue weighted by Crippen LogP contribution is 2.30. The van der Waals surface area contributed by atoms with Crippen molar-refractivity contribution in [3.05, 3.63) is 23.8 Å². The van der Waals surface area contributed by atoms with Crippen molar-refractivity contribution in [2.24, 2.45) is 5.73 Å². The Morgan fingerprint density at radius 3 is 2.77 bits per heavy atom. The third-order valence-corrected chi connectivity index (χ3v) is 3.65. The SMILES string of the molecule is COC(CN)CC(=O)Nc1ccc2c(c1)CCN2C(C)=O.Cl. The van der Waals surface area contributed by atoms with E-state index in [-0.39, 0.29) is 36.7 Å². The normalized spacial score (nSPS) is 14.0. The summed E-state index contributed by atoms with van der Waals surface area (Å²) in [4.78, 5) is 25.1. The van der Waals surface area contributed by atoms with E-state index in [1.165, 1.54) is 7.11 Å². The highest BCUT2D eigenvalue weighted by Gasteiger charge is 2.22. The molecule has 0 bridgehead atoms. The molecular formula is C15H22ClN3O3. The number of fused-ring (bicyclic) bond motifs is 1. The average molecular weight is 328 g/mol. The van der Waals surface area contributed by atoms with E-state index in [1.807, 2.05) is 18.2 Å². The zero-order valence-electron chi connectivity index (χ0n) is 12.8. The summed E-state index contributed by atoms with van der Waals surface area (Å²) in [5, 5.41) is 2.84.